The van der Waals surface area contributed by atoms with Crippen molar-refractivity contribution in [2.24, 2.45) is 10.9 Å². The average molecular weight is 497 g/mol. The molecular formula is C18H30ClIN4O2. The van der Waals surface area contributed by atoms with Gasteiger partial charge in [-0.25, -0.2) is 0 Å². The summed E-state index contributed by atoms with van der Waals surface area (Å²) in [6.07, 6.45) is 0.740. The normalized spacial score (nSPS) is 10.9. The van der Waals surface area contributed by atoms with Crippen LogP contribution >= 0.6 is 35.6 Å². The van der Waals surface area contributed by atoms with Crippen molar-refractivity contribution in [1.82, 2.24) is 16.0 Å². The molecule has 0 spiro atoms. The summed E-state index contributed by atoms with van der Waals surface area (Å²) in [5.41, 5.74) is 1.03. The molecule has 0 aromatic heterocycles. The molecule has 0 atom stereocenters. The van der Waals surface area contributed by atoms with E-state index < -0.39 is 0 Å². The molecule has 6 nitrogen and oxygen atoms in total. The third-order valence-corrected chi connectivity index (χ3v) is 3.85. The van der Waals surface area contributed by atoms with Gasteiger partial charge in [0.15, 0.2) is 5.96 Å². The minimum Gasteiger partial charge on any atom is -0.497 e. The van der Waals surface area contributed by atoms with Gasteiger partial charge in [0.25, 0.3) is 0 Å². The van der Waals surface area contributed by atoms with E-state index in [0.717, 1.165) is 30.2 Å². The smallest absolute Gasteiger partial charge is 0.222 e. The Kier molecular flexibility index (Phi) is 13.3. The number of methoxy groups -OCH3 is 1. The molecule has 0 bridgehead atoms. The number of benzene rings is 1. The molecule has 0 unspecified atom stereocenters. The molecule has 3 N–H and O–H groups in total. The quantitative estimate of drug-likeness (QED) is 0.213. The standard InChI is InChI=1S/C18H29ClN4O2.HI/c1-5-20-18(23-11-10-21-17(24)13(2)3)22-9-8-14-6-7-15(25-4)12-16(14)19;/h6-7,12-13H,5,8-11H2,1-4H3,(H,21,24)(H2,20,22,23);1H. The second-order valence-electron chi connectivity index (χ2n) is 5.84. The molecule has 148 valence electrons. The van der Waals surface area contributed by atoms with Crippen molar-refractivity contribution < 1.29 is 9.53 Å². The zero-order chi connectivity index (χ0) is 18.7. The van der Waals surface area contributed by atoms with E-state index in [4.69, 9.17) is 16.3 Å². The fraction of sp³-hybridized carbons (Fsp3) is 0.556. The van der Waals surface area contributed by atoms with Crippen LogP contribution in [0, 0.1) is 5.92 Å². The topological polar surface area (TPSA) is 74.8 Å². The van der Waals surface area contributed by atoms with E-state index in [1.54, 1.807) is 7.11 Å². The highest BCUT2D eigenvalue weighted by Gasteiger charge is 2.05. The van der Waals surface area contributed by atoms with Gasteiger partial charge in [0.05, 0.1) is 7.11 Å². The molecule has 1 aromatic rings. The number of halogens is 2. The first-order valence-electron chi connectivity index (χ1n) is 8.60. The highest BCUT2D eigenvalue weighted by atomic mass is 127. The molecule has 1 amide bonds. The molecule has 0 aliphatic carbocycles. The first-order valence-corrected chi connectivity index (χ1v) is 8.98. The summed E-state index contributed by atoms with van der Waals surface area (Å²) >= 11 is 6.24. The Morgan fingerprint density at radius 3 is 2.50 bits per heavy atom. The summed E-state index contributed by atoms with van der Waals surface area (Å²) in [5.74, 6) is 1.52. The lowest BCUT2D eigenvalue weighted by molar-refractivity contribution is -0.123. The van der Waals surface area contributed by atoms with Gasteiger partial charge in [-0.1, -0.05) is 31.5 Å². The summed E-state index contributed by atoms with van der Waals surface area (Å²) in [5, 5.41) is 9.94. The van der Waals surface area contributed by atoms with Crippen LogP contribution in [0.4, 0.5) is 0 Å². The molecule has 0 aliphatic heterocycles. The maximum Gasteiger partial charge on any atom is 0.222 e. The van der Waals surface area contributed by atoms with Gasteiger partial charge < -0.3 is 20.7 Å². The molecule has 0 heterocycles. The van der Waals surface area contributed by atoms with Gasteiger partial charge in [0.1, 0.15) is 5.75 Å². The molecule has 0 aliphatic rings. The summed E-state index contributed by atoms with van der Waals surface area (Å²) in [7, 11) is 1.62. The predicted molar refractivity (Wildman–Crippen MR) is 119 cm³/mol. The Morgan fingerprint density at radius 2 is 1.92 bits per heavy atom. The van der Waals surface area contributed by atoms with Crippen LogP contribution in [0.1, 0.15) is 26.3 Å². The van der Waals surface area contributed by atoms with Crippen LogP contribution in [0.5, 0.6) is 5.75 Å². The molecule has 0 saturated heterocycles. The summed E-state index contributed by atoms with van der Waals surface area (Å²) in [6, 6.07) is 5.66. The van der Waals surface area contributed by atoms with Gasteiger partial charge >= 0.3 is 0 Å². The Hall–Kier alpha value is -1.22. The van der Waals surface area contributed by atoms with E-state index in [-0.39, 0.29) is 35.8 Å². The Balaban J connectivity index is 0.00000625. The number of aliphatic imine (C=N–C) groups is 1. The third-order valence-electron chi connectivity index (χ3n) is 3.50. The minimum atomic E-state index is -0.00357. The number of hydrogen-bond donors (Lipinski definition) is 3. The highest BCUT2D eigenvalue weighted by Crippen LogP contribution is 2.22. The first-order chi connectivity index (χ1) is 12.0. The lowest BCUT2D eigenvalue weighted by Crippen LogP contribution is -2.42. The van der Waals surface area contributed by atoms with Crippen molar-refractivity contribution in [3.63, 3.8) is 0 Å². The van der Waals surface area contributed by atoms with Crippen LogP contribution < -0.4 is 20.7 Å². The SMILES string of the molecule is CCNC(=NCCc1ccc(OC)cc1Cl)NCCNC(=O)C(C)C.I. The lowest BCUT2D eigenvalue weighted by atomic mass is 10.1. The van der Waals surface area contributed by atoms with Crippen LogP contribution in [0.15, 0.2) is 23.2 Å². The van der Waals surface area contributed by atoms with E-state index in [0.29, 0.717) is 24.7 Å². The van der Waals surface area contributed by atoms with Crippen molar-refractivity contribution in [1.29, 1.82) is 0 Å². The number of nitrogens with one attached hydrogen (secondary N) is 3. The number of hydrogen-bond acceptors (Lipinski definition) is 3. The fourth-order valence-electron chi connectivity index (χ4n) is 2.06. The number of guanidine groups is 1. The molecule has 1 aromatic carbocycles. The van der Waals surface area contributed by atoms with Gasteiger partial charge in [-0.15, -0.1) is 24.0 Å². The number of carbonyl (C=O) groups is 1. The number of ether oxygens (including phenoxy) is 1. The van der Waals surface area contributed by atoms with E-state index in [1.165, 1.54) is 0 Å². The summed E-state index contributed by atoms with van der Waals surface area (Å²) in [4.78, 5) is 16.0. The number of rotatable bonds is 9. The van der Waals surface area contributed by atoms with E-state index >= 15 is 0 Å². The molecule has 1 rings (SSSR count). The van der Waals surface area contributed by atoms with Gasteiger partial charge in [0.2, 0.25) is 5.91 Å². The van der Waals surface area contributed by atoms with Crippen LogP contribution in [-0.4, -0.2) is 45.2 Å². The van der Waals surface area contributed by atoms with Crippen molar-refractivity contribution in [3.8, 4) is 5.75 Å². The van der Waals surface area contributed by atoms with E-state index in [9.17, 15) is 4.79 Å². The van der Waals surface area contributed by atoms with Crippen molar-refractivity contribution >= 4 is 47.4 Å². The fourth-order valence-corrected chi connectivity index (χ4v) is 2.32. The maximum atomic E-state index is 11.5. The zero-order valence-electron chi connectivity index (χ0n) is 15.9. The largest absolute Gasteiger partial charge is 0.497 e. The summed E-state index contributed by atoms with van der Waals surface area (Å²) < 4.78 is 5.15. The molecule has 0 saturated carbocycles. The van der Waals surface area contributed by atoms with Crippen molar-refractivity contribution in [2.75, 3.05) is 33.3 Å². The van der Waals surface area contributed by atoms with Crippen LogP contribution in [0.25, 0.3) is 0 Å². The zero-order valence-corrected chi connectivity index (χ0v) is 19.0. The molecule has 8 heteroatoms. The Labute approximate surface area is 178 Å². The van der Waals surface area contributed by atoms with Gasteiger partial charge in [0, 0.05) is 37.1 Å². The summed E-state index contributed by atoms with van der Waals surface area (Å²) in [6.45, 7) is 8.32. The van der Waals surface area contributed by atoms with Gasteiger partial charge in [-0.3, -0.25) is 9.79 Å². The molecule has 0 fully saturated rings. The Bertz CT molecular complexity index is 582. The maximum absolute atomic E-state index is 11.5. The average Bonchev–Trinajstić information content (AvgIpc) is 2.59. The third kappa shape index (κ3) is 9.47. The number of carbonyl (C=O) groups excluding carboxylic acids is 1. The first kappa shape index (κ1) is 24.8. The number of amides is 1. The van der Waals surface area contributed by atoms with Crippen molar-refractivity contribution in [3.05, 3.63) is 28.8 Å². The monoisotopic (exact) mass is 496 g/mol. The van der Waals surface area contributed by atoms with Crippen molar-refractivity contribution in [2.45, 2.75) is 27.2 Å². The van der Waals surface area contributed by atoms with Gasteiger partial charge in [-0.2, -0.15) is 0 Å². The predicted octanol–water partition coefficient (Wildman–Crippen LogP) is 2.84. The van der Waals surface area contributed by atoms with Crippen LogP contribution in [-0.2, 0) is 11.2 Å². The number of nitrogens with zero attached hydrogens (tertiary/aromatic N) is 1. The van der Waals surface area contributed by atoms with E-state index in [1.807, 2.05) is 39.0 Å². The lowest BCUT2D eigenvalue weighted by Gasteiger charge is -2.13. The van der Waals surface area contributed by atoms with Gasteiger partial charge in [-0.05, 0) is 31.0 Å². The molecule has 26 heavy (non-hydrogen) atoms. The Morgan fingerprint density at radius 1 is 1.23 bits per heavy atom. The van der Waals surface area contributed by atoms with Crippen LogP contribution in [0.3, 0.4) is 0 Å². The molecule has 0 radical (unpaired) electrons. The second kappa shape index (κ2) is 13.9. The van der Waals surface area contributed by atoms with E-state index in [2.05, 4.69) is 20.9 Å². The second-order valence-corrected chi connectivity index (χ2v) is 6.25. The molecular weight excluding hydrogens is 467 g/mol. The highest BCUT2D eigenvalue weighted by molar-refractivity contribution is 14.0. The minimum absolute atomic E-state index is 0. The van der Waals surface area contributed by atoms with Crippen LogP contribution in [0.2, 0.25) is 5.02 Å².